The van der Waals surface area contributed by atoms with Crippen molar-refractivity contribution in [2.75, 3.05) is 26.2 Å². The predicted molar refractivity (Wildman–Crippen MR) is 128 cm³/mol. The molecule has 0 spiro atoms. The number of hydrogen-bond donors (Lipinski definition) is 8. The zero-order valence-electron chi connectivity index (χ0n) is 20.4. The van der Waals surface area contributed by atoms with Crippen LogP contribution in [-0.4, -0.2) is 86.5 Å². The van der Waals surface area contributed by atoms with Gasteiger partial charge in [0.15, 0.2) is 29.0 Å². The number of aliphatic hydroxyl groups excluding tert-OH is 1. The van der Waals surface area contributed by atoms with Crippen LogP contribution >= 0.6 is 0 Å². The quantitative estimate of drug-likeness (QED) is 0.0989. The maximum Gasteiger partial charge on any atom is 0.283 e. The van der Waals surface area contributed by atoms with Crippen molar-refractivity contribution in [2.24, 2.45) is 0 Å². The number of quaternary nitrogens is 1. The van der Waals surface area contributed by atoms with E-state index in [-0.39, 0.29) is 55.6 Å². The molecule has 204 valence electrons. The first-order valence-electron chi connectivity index (χ1n) is 11.4. The molecule has 0 fully saturated rings. The number of halogens is 1. The minimum atomic E-state index is -0.970. The molecule has 0 saturated heterocycles. The smallest absolute Gasteiger partial charge is 0.283 e. The Balaban J connectivity index is 0.00000684. The average Bonchev–Trinajstić information content (AvgIpc) is 2.85. The molecular weight excluding hydrogens is 508 g/mol. The fourth-order valence-electron chi connectivity index (χ4n) is 3.34. The van der Waals surface area contributed by atoms with Crippen molar-refractivity contribution in [3.8, 4) is 23.0 Å². The summed E-state index contributed by atoms with van der Waals surface area (Å²) in [6.07, 6.45) is -0.262. The summed E-state index contributed by atoms with van der Waals surface area (Å²) in [5, 5.41) is 53.7. The number of amides is 3. The zero-order chi connectivity index (χ0) is 26.8. The van der Waals surface area contributed by atoms with Gasteiger partial charge in [0.2, 0.25) is 0 Å². The van der Waals surface area contributed by atoms with Crippen LogP contribution in [0.15, 0.2) is 36.4 Å². The summed E-state index contributed by atoms with van der Waals surface area (Å²) in [6.45, 7) is 2.25. The maximum atomic E-state index is 12.8. The van der Waals surface area contributed by atoms with Gasteiger partial charge in [0.1, 0.15) is 6.10 Å². The van der Waals surface area contributed by atoms with E-state index >= 15 is 0 Å². The lowest BCUT2D eigenvalue weighted by Crippen LogP contribution is -3.00. The number of carbonyl (C=O) groups is 3. The van der Waals surface area contributed by atoms with Crippen LogP contribution in [0, 0.1) is 0 Å². The minimum absolute atomic E-state index is 0. The molecule has 0 aliphatic carbocycles. The second-order valence-electron chi connectivity index (χ2n) is 8.24. The number of nitrogens with zero attached hydrogens (tertiary/aromatic N) is 1. The first-order chi connectivity index (χ1) is 17.0. The molecule has 37 heavy (non-hydrogen) atoms. The first kappa shape index (κ1) is 31.3. The topological polar surface area (TPSA) is 207 Å². The predicted octanol–water partition coefficient (Wildman–Crippen LogP) is -3.73. The van der Waals surface area contributed by atoms with Gasteiger partial charge in [-0.15, -0.1) is 0 Å². The largest absolute Gasteiger partial charge is 1.00 e. The van der Waals surface area contributed by atoms with Crippen LogP contribution < -0.4 is 28.8 Å². The number of para-hydroxylation sites is 2. The van der Waals surface area contributed by atoms with Gasteiger partial charge in [0.25, 0.3) is 17.7 Å². The van der Waals surface area contributed by atoms with E-state index < -0.39 is 47.0 Å². The fraction of sp³-hybridized carbons (Fsp3) is 0.375. The van der Waals surface area contributed by atoms with E-state index in [2.05, 4.69) is 16.4 Å². The van der Waals surface area contributed by atoms with E-state index in [0.717, 1.165) is 0 Å². The molecule has 10 N–H and O–H groups in total. The van der Waals surface area contributed by atoms with Crippen molar-refractivity contribution in [1.82, 2.24) is 15.5 Å². The maximum absolute atomic E-state index is 12.8. The second kappa shape index (κ2) is 14.7. The molecule has 0 unspecified atom stereocenters. The third-order valence-electron chi connectivity index (χ3n) is 5.51. The molecule has 0 radical (unpaired) electrons. The van der Waals surface area contributed by atoms with Crippen molar-refractivity contribution in [2.45, 2.75) is 31.9 Å². The Labute approximate surface area is 220 Å². The number of aromatic hydroxyl groups is 4. The Morgan fingerprint density at radius 1 is 0.838 bits per heavy atom. The molecule has 0 bridgehead atoms. The van der Waals surface area contributed by atoms with Gasteiger partial charge < -0.3 is 59.2 Å². The van der Waals surface area contributed by atoms with Crippen LogP contribution in [0.4, 0.5) is 0 Å². The van der Waals surface area contributed by atoms with Gasteiger partial charge in [-0.1, -0.05) is 12.1 Å². The molecule has 2 atom stereocenters. The third kappa shape index (κ3) is 8.70. The van der Waals surface area contributed by atoms with Gasteiger partial charge in [-0.3, -0.25) is 14.4 Å². The fourth-order valence-corrected chi connectivity index (χ4v) is 3.34. The van der Waals surface area contributed by atoms with E-state index in [0.29, 0.717) is 12.8 Å². The first-order valence-corrected chi connectivity index (χ1v) is 11.4. The number of hydrogen-bond acceptors (Lipinski definition) is 8. The van der Waals surface area contributed by atoms with Crippen LogP contribution in [0.3, 0.4) is 0 Å². The number of nitrogens with one attached hydrogen (secondary N) is 2. The molecule has 2 aromatic rings. The Kier molecular flexibility index (Phi) is 12.5. The van der Waals surface area contributed by atoms with Gasteiger partial charge in [-0.25, -0.2) is 0 Å². The molecule has 13 heteroatoms. The molecule has 2 aromatic carbocycles. The molecule has 0 aromatic heterocycles. The molecule has 0 aliphatic rings. The Bertz CT molecular complexity index is 1010. The van der Waals surface area contributed by atoms with Crippen LogP contribution in [0.25, 0.3) is 0 Å². The van der Waals surface area contributed by atoms with E-state index in [9.17, 15) is 39.9 Å². The molecular formula is C24H33ClN4O8. The van der Waals surface area contributed by atoms with Gasteiger partial charge in [0, 0.05) is 26.2 Å². The summed E-state index contributed by atoms with van der Waals surface area (Å²) in [4.78, 5) is 38.7. The summed E-state index contributed by atoms with van der Waals surface area (Å²) in [5.74, 6) is -3.43. The average molecular weight is 541 g/mol. The van der Waals surface area contributed by atoms with E-state index in [4.69, 9.17) is 0 Å². The van der Waals surface area contributed by atoms with Crippen LogP contribution in [-0.2, 0) is 4.79 Å². The van der Waals surface area contributed by atoms with E-state index in [1.165, 1.54) is 48.2 Å². The number of carbonyl (C=O) groups excluding carboxylic acids is 3. The summed E-state index contributed by atoms with van der Waals surface area (Å²) < 4.78 is 0. The highest BCUT2D eigenvalue weighted by Crippen LogP contribution is 2.28. The summed E-state index contributed by atoms with van der Waals surface area (Å²) in [6, 6.07) is 7.18. The molecule has 12 nitrogen and oxygen atoms in total. The standard InChI is InChI=1S/C24H32N4O8.ClH/c1-14(29)19(25)24(36)28(12-4-10-26-22(34)15-6-2-8-17(30)20(15)32)13-5-11-27-23(35)16-7-3-9-18(31)21(16)33;/h2-3,6-9,14,19,29-33H,4-5,10-13,25H2,1H3,(H,26,34)(H,27,35);1H/t14-,19+;/m1./s1. The van der Waals surface area contributed by atoms with Gasteiger partial charge in [-0.05, 0) is 44.0 Å². The molecule has 3 amide bonds. The summed E-state index contributed by atoms with van der Waals surface area (Å²) in [7, 11) is 0. The normalized spacial score (nSPS) is 12.1. The molecule has 0 aliphatic heterocycles. The van der Waals surface area contributed by atoms with Crippen molar-refractivity contribution >= 4 is 17.7 Å². The Hall–Kier alpha value is -3.74. The molecule has 0 heterocycles. The highest BCUT2D eigenvalue weighted by atomic mass is 35.5. The van der Waals surface area contributed by atoms with E-state index in [1.54, 1.807) is 0 Å². The lowest BCUT2D eigenvalue weighted by Gasteiger charge is -2.25. The Morgan fingerprint density at radius 2 is 1.24 bits per heavy atom. The highest BCUT2D eigenvalue weighted by molar-refractivity contribution is 5.98. The Morgan fingerprint density at radius 3 is 1.62 bits per heavy atom. The van der Waals surface area contributed by atoms with Crippen molar-refractivity contribution < 1.29 is 58.1 Å². The number of phenolic OH excluding ortho intramolecular Hbond substituents is 4. The van der Waals surface area contributed by atoms with Crippen LogP contribution in [0.5, 0.6) is 23.0 Å². The summed E-state index contributed by atoms with van der Waals surface area (Å²) in [5.41, 5.74) is 3.54. The summed E-state index contributed by atoms with van der Waals surface area (Å²) >= 11 is 0. The second-order valence-corrected chi connectivity index (χ2v) is 8.24. The van der Waals surface area contributed by atoms with Crippen LogP contribution in [0.1, 0.15) is 40.5 Å². The van der Waals surface area contributed by atoms with Crippen molar-refractivity contribution in [3.05, 3.63) is 47.5 Å². The van der Waals surface area contributed by atoms with Crippen molar-refractivity contribution in [3.63, 3.8) is 0 Å². The molecule has 2 rings (SSSR count). The highest BCUT2D eigenvalue weighted by Gasteiger charge is 2.27. The lowest BCUT2D eigenvalue weighted by molar-refractivity contribution is -0.421. The lowest BCUT2D eigenvalue weighted by atomic mass is 10.1. The molecule has 0 saturated carbocycles. The van der Waals surface area contributed by atoms with Crippen LogP contribution in [0.2, 0.25) is 0 Å². The third-order valence-corrected chi connectivity index (χ3v) is 5.51. The number of aliphatic hydroxyl groups is 1. The minimum Gasteiger partial charge on any atom is -1.00 e. The van der Waals surface area contributed by atoms with Gasteiger partial charge >= 0.3 is 0 Å². The van der Waals surface area contributed by atoms with Gasteiger partial charge in [-0.2, -0.15) is 0 Å². The number of benzene rings is 2. The number of rotatable bonds is 12. The SMILES string of the molecule is C[C@@H](O)[C@H]([NH3+])C(=O)N(CCCNC(=O)c1cccc(O)c1O)CCCNC(=O)c1cccc(O)c1O.[Cl-]. The van der Waals surface area contributed by atoms with Crippen molar-refractivity contribution in [1.29, 1.82) is 0 Å². The monoisotopic (exact) mass is 540 g/mol. The van der Waals surface area contributed by atoms with E-state index in [1.807, 2.05) is 0 Å². The number of phenols is 4. The van der Waals surface area contributed by atoms with Gasteiger partial charge in [0.05, 0.1) is 11.1 Å². The zero-order valence-corrected chi connectivity index (χ0v) is 21.1.